The van der Waals surface area contributed by atoms with Gasteiger partial charge in [-0.25, -0.2) is 27.5 Å². The summed E-state index contributed by atoms with van der Waals surface area (Å²) in [6.07, 6.45) is 0.741. The summed E-state index contributed by atoms with van der Waals surface area (Å²) in [4.78, 5) is 35.5. The number of aromatic nitrogens is 4. The van der Waals surface area contributed by atoms with Crippen LogP contribution in [0.3, 0.4) is 0 Å². The van der Waals surface area contributed by atoms with Crippen molar-refractivity contribution >= 4 is 109 Å². The highest BCUT2D eigenvalue weighted by Gasteiger charge is 2.11. The Hall–Kier alpha value is -5.55. The zero-order valence-electron chi connectivity index (χ0n) is 31.1. The molecular formula is C47H48BrCl5F4N4O6. The number of phenols is 3. The second-order valence-corrected chi connectivity index (χ2v) is 14.8. The highest BCUT2D eigenvalue weighted by molar-refractivity contribution is 9.10. The molecule has 0 fully saturated rings. The average Bonchev–Trinajstić information content (AvgIpc) is 3.88. The summed E-state index contributed by atoms with van der Waals surface area (Å²) in [5.74, 6) is -1.27. The first-order valence-corrected chi connectivity index (χ1v) is 20.0. The lowest BCUT2D eigenvalue weighted by molar-refractivity contribution is 0.111. The summed E-state index contributed by atoms with van der Waals surface area (Å²) in [6, 6.07) is 25.3. The maximum Gasteiger partial charge on any atom is 0.153 e. The van der Waals surface area contributed by atoms with E-state index in [-0.39, 0.29) is 102 Å². The standard InChI is InChI=1S/C15H10ClFN2O2.C8H7ClN2.C7H4ClFO2.C6H3BrClFO.C6H4ClFO.5CH4/c16-10-5-9(7-20)11(17)6-14(10)21-8-15-18-12-3-1-2-4-13(12)19-15;9-5-8-10-6-3-1-2-4-7(6)11-8;8-5-1-4(3-10)6(9)2-7(5)11;7-3-1-4(8)6(10)2-5(3)9;7-5-2-1-4(8)3-6(5)9;;;;;/h1-7H,8H2,(H,18,19);1-4H,5H2,(H,10,11);1-3,11H;1-2,10H;1-3,9H;5*1H4. The summed E-state index contributed by atoms with van der Waals surface area (Å²) in [5, 5.41) is 26.8. The third kappa shape index (κ3) is 18.9. The van der Waals surface area contributed by atoms with Crippen LogP contribution in [0.25, 0.3) is 22.1 Å². The number of hydrogen-bond donors (Lipinski definition) is 5. The predicted octanol–water partition coefficient (Wildman–Crippen LogP) is 16.4. The minimum Gasteiger partial charge on any atom is -0.506 e. The van der Waals surface area contributed by atoms with E-state index in [0.717, 1.165) is 58.2 Å². The number of benzene rings is 6. The van der Waals surface area contributed by atoms with Crippen LogP contribution in [0.15, 0.2) is 108 Å². The van der Waals surface area contributed by atoms with E-state index < -0.39 is 23.3 Å². The Kier molecular flexibility index (Phi) is 29.1. The number of para-hydroxylation sites is 4. The number of phenolic OH excluding ortho intramolecular Hbond substituents is 3. The van der Waals surface area contributed by atoms with Crippen LogP contribution in [0.5, 0.6) is 23.0 Å². The van der Waals surface area contributed by atoms with Gasteiger partial charge in [0.15, 0.2) is 12.6 Å². The number of rotatable bonds is 6. The molecule has 0 radical (unpaired) electrons. The zero-order chi connectivity index (χ0) is 45.5. The fraction of sp³-hybridized carbons (Fsp3) is 0.149. The average molecular weight is 1100 g/mol. The molecule has 0 spiro atoms. The molecule has 0 aliphatic heterocycles. The number of nitrogens with zero attached hydrogens (tertiary/aromatic N) is 2. The van der Waals surface area contributed by atoms with Gasteiger partial charge < -0.3 is 30.0 Å². The first kappa shape index (κ1) is 63.5. The molecule has 362 valence electrons. The lowest BCUT2D eigenvalue weighted by Crippen LogP contribution is -1.99. The second kappa shape index (κ2) is 30.7. The van der Waals surface area contributed by atoms with Crippen LogP contribution in [0.4, 0.5) is 17.6 Å². The third-order valence-electron chi connectivity index (χ3n) is 7.64. The van der Waals surface area contributed by atoms with Crippen LogP contribution < -0.4 is 4.74 Å². The second-order valence-electron chi connectivity index (χ2n) is 12.0. The molecule has 0 unspecified atom stereocenters. The molecule has 0 bridgehead atoms. The highest BCUT2D eigenvalue weighted by Crippen LogP contribution is 2.30. The Bertz CT molecular complexity index is 2700. The number of hydrogen-bond acceptors (Lipinski definition) is 8. The molecule has 20 heteroatoms. The number of nitrogens with one attached hydrogen (secondary N) is 2. The molecule has 0 aliphatic carbocycles. The van der Waals surface area contributed by atoms with Gasteiger partial charge in [-0.15, -0.1) is 11.6 Å². The van der Waals surface area contributed by atoms with Crippen molar-refractivity contribution in [3.63, 3.8) is 0 Å². The maximum absolute atomic E-state index is 13.5. The van der Waals surface area contributed by atoms with E-state index in [9.17, 15) is 27.2 Å². The molecule has 0 saturated carbocycles. The quantitative estimate of drug-likeness (QED) is 0.0476. The molecule has 8 aromatic rings. The van der Waals surface area contributed by atoms with Crippen molar-refractivity contribution in [2.24, 2.45) is 0 Å². The van der Waals surface area contributed by atoms with Gasteiger partial charge in [0, 0.05) is 24.3 Å². The van der Waals surface area contributed by atoms with Crippen molar-refractivity contribution in [1.82, 2.24) is 19.9 Å². The predicted molar refractivity (Wildman–Crippen MR) is 269 cm³/mol. The lowest BCUT2D eigenvalue weighted by Gasteiger charge is -2.07. The van der Waals surface area contributed by atoms with Gasteiger partial charge in [0.1, 0.15) is 64.5 Å². The number of ether oxygens (including phenoxy) is 1. The molecule has 10 nitrogen and oxygen atoms in total. The Morgan fingerprint density at radius 1 is 0.567 bits per heavy atom. The topological polar surface area (TPSA) is 161 Å². The normalized spacial score (nSPS) is 9.46. The molecule has 8 rings (SSSR count). The first-order valence-electron chi connectivity index (χ1n) is 17.1. The van der Waals surface area contributed by atoms with Gasteiger partial charge in [-0.2, -0.15) is 0 Å². The summed E-state index contributed by atoms with van der Waals surface area (Å²) < 4.78 is 56.4. The lowest BCUT2D eigenvalue weighted by atomic mass is 10.2. The molecular weight excluding hydrogens is 1050 g/mol. The van der Waals surface area contributed by atoms with Gasteiger partial charge in [0.2, 0.25) is 0 Å². The first-order chi connectivity index (χ1) is 29.5. The molecule has 2 aromatic heterocycles. The van der Waals surface area contributed by atoms with Crippen molar-refractivity contribution in [1.29, 1.82) is 0 Å². The van der Waals surface area contributed by atoms with E-state index in [0.29, 0.717) is 24.3 Å². The highest BCUT2D eigenvalue weighted by atomic mass is 79.9. The number of halogens is 10. The van der Waals surface area contributed by atoms with E-state index in [1.807, 2.05) is 48.5 Å². The van der Waals surface area contributed by atoms with Gasteiger partial charge >= 0.3 is 0 Å². The summed E-state index contributed by atoms with van der Waals surface area (Å²) >= 11 is 30.7. The number of alkyl halides is 1. The summed E-state index contributed by atoms with van der Waals surface area (Å²) in [7, 11) is 0. The van der Waals surface area contributed by atoms with Crippen LogP contribution in [0.1, 0.15) is 69.5 Å². The molecule has 0 aliphatic rings. The fourth-order valence-corrected chi connectivity index (χ4v) is 5.96. The third-order valence-corrected chi connectivity index (χ3v) is 9.72. The number of imidazole rings is 2. The number of H-pyrrole nitrogens is 2. The minimum absolute atomic E-state index is 0. The number of carbonyl (C=O) groups is 2. The van der Waals surface area contributed by atoms with Crippen molar-refractivity contribution in [3.05, 3.63) is 174 Å². The van der Waals surface area contributed by atoms with Gasteiger partial charge in [-0.05, 0) is 70.5 Å². The van der Waals surface area contributed by atoms with Gasteiger partial charge in [0.05, 0.1) is 63.6 Å². The molecule has 2 heterocycles. The Morgan fingerprint density at radius 2 is 1.01 bits per heavy atom. The van der Waals surface area contributed by atoms with E-state index in [4.69, 9.17) is 78.1 Å². The summed E-state index contributed by atoms with van der Waals surface area (Å²) in [5.41, 5.74) is 3.48. The molecule has 67 heavy (non-hydrogen) atoms. The Morgan fingerprint density at radius 3 is 1.49 bits per heavy atom. The fourth-order valence-electron chi connectivity index (χ4n) is 4.67. The largest absolute Gasteiger partial charge is 0.506 e. The van der Waals surface area contributed by atoms with Gasteiger partial charge in [-0.1, -0.05) is 108 Å². The minimum atomic E-state index is -0.776. The number of aromatic hydroxyl groups is 3. The monoisotopic (exact) mass is 1090 g/mol. The van der Waals surface area contributed by atoms with E-state index >= 15 is 0 Å². The van der Waals surface area contributed by atoms with Crippen molar-refractivity contribution in [2.45, 2.75) is 49.6 Å². The van der Waals surface area contributed by atoms with E-state index in [1.165, 1.54) is 24.3 Å². The Labute approximate surface area is 419 Å². The van der Waals surface area contributed by atoms with Crippen LogP contribution >= 0.6 is 73.9 Å². The molecule has 0 saturated heterocycles. The van der Waals surface area contributed by atoms with Gasteiger partial charge in [0.25, 0.3) is 0 Å². The van der Waals surface area contributed by atoms with E-state index in [2.05, 4.69) is 35.9 Å². The smallest absolute Gasteiger partial charge is 0.153 e. The molecule has 5 N–H and O–H groups in total. The van der Waals surface area contributed by atoms with Crippen LogP contribution in [0.2, 0.25) is 20.1 Å². The summed E-state index contributed by atoms with van der Waals surface area (Å²) in [6.45, 7) is 0.119. The van der Waals surface area contributed by atoms with Crippen molar-refractivity contribution < 1.29 is 47.2 Å². The molecule has 0 amide bonds. The zero-order valence-corrected chi connectivity index (χ0v) is 36.5. The number of fused-ring (bicyclic) bond motifs is 2. The SMILES string of the molecule is C.C.C.C.C.ClCc1nc2ccccc2[nH]1.O=Cc1cc(Cl)c(O)cc1F.O=Cc1cc(Cl)c(OCc2nc3ccccc3[nH]2)cc1F.Oc1cc(F)c(Br)cc1Cl.Oc1cc(F)ccc1Cl. The molecule has 6 aromatic carbocycles. The van der Waals surface area contributed by atoms with Gasteiger partial charge in [-0.3, -0.25) is 9.59 Å². The Balaban J connectivity index is 0. The van der Waals surface area contributed by atoms with Crippen LogP contribution in [0, 0.1) is 23.3 Å². The molecule has 0 atom stereocenters. The van der Waals surface area contributed by atoms with Crippen LogP contribution in [-0.4, -0.2) is 47.8 Å². The van der Waals surface area contributed by atoms with Crippen molar-refractivity contribution in [3.8, 4) is 23.0 Å². The number of carbonyl (C=O) groups excluding carboxylic acids is 2. The van der Waals surface area contributed by atoms with E-state index in [1.54, 1.807) is 0 Å². The maximum atomic E-state index is 13.5. The van der Waals surface area contributed by atoms with Crippen molar-refractivity contribution in [2.75, 3.05) is 0 Å². The number of aldehydes is 2. The number of aromatic amines is 2. The van der Waals surface area contributed by atoms with Crippen LogP contribution in [-0.2, 0) is 12.5 Å².